The molecule has 1 amide bonds. The van der Waals surface area contributed by atoms with Crippen molar-refractivity contribution < 1.29 is 14.5 Å². The van der Waals surface area contributed by atoms with Crippen LogP contribution in [0, 0.1) is 16.0 Å². The summed E-state index contributed by atoms with van der Waals surface area (Å²) in [6.45, 7) is 7.66. The van der Waals surface area contributed by atoms with E-state index >= 15 is 0 Å². The molecule has 150 valence electrons. The summed E-state index contributed by atoms with van der Waals surface area (Å²) in [5.41, 5.74) is 0.606. The fourth-order valence-electron chi connectivity index (χ4n) is 3.24. The van der Waals surface area contributed by atoms with Crippen molar-refractivity contribution in [3.05, 3.63) is 34.5 Å². The van der Waals surface area contributed by atoms with E-state index in [4.69, 9.17) is 4.74 Å². The number of hydrogen-bond donors (Lipinski definition) is 1. The minimum atomic E-state index is -0.515. The van der Waals surface area contributed by atoms with Gasteiger partial charge in [-0.2, -0.15) is 0 Å². The minimum Gasteiger partial charge on any atom is -0.444 e. The number of nitro benzene ring substituents is 1. The Kier molecular flexibility index (Phi) is 5.62. The van der Waals surface area contributed by atoms with Crippen LogP contribution in [0.2, 0.25) is 0 Å². The Bertz CT molecular complexity index is 880. The fraction of sp³-hybridized carbons (Fsp3) is 0.526. The molecule has 1 aromatic carbocycles. The molecule has 0 bridgehead atoms. The number of anilines is 1. The summed E-state index contributed by atoms with van der Waals surface area (Å²) in [7, 11) is 0. The van der Waals surface area contributed by atoms with Crippen LogP contribution < -0.4 is 10.2 Å². The van der Waals surface area contributed by atoms with Crippen molar-refractivity contribution in [1.82, 2.24) is 15.3 Å². The average Bonchev–Trinajstić information content (AvgIpc) is 2.64. The fourth-order valence-corrected chi connectivity index (χ4v) is 3.24. The van der Waals surface area contributed by atoms with Gasteiger partial charge in [0.05, 0.1) is 22.2 Å². The number of piperidine rings is 1. The SMILES string of the molecule is CC(C)(C)OC(=O)NC[C@H]1CCCN(c2cnc3cc([N+](=O)[O-])ccc3n2)C1. The molecule has 0 spiro atoms. The maximum Gasteiger partial charge on any atom is 0.407 e. The summed E-state index contributed by atoms with van der Waals surface area (Å²) >= 11 is 0. The maximum atomic E-state index is 11.9. The molecule has 1 saturated heterocycles. The van der Waals surface area contributed by atoms with E-state index in [0.717, 1.165) is 31.7 Å². The number of nitrogens with zero attached hydrogens (tertiary/aromatic N) is 4. The van der Waals surface area contributed by atoms with Gasteiger partial charge in [0.2, 0.25) is 0 Å². The van der Waals surface area contributed by atoms with Crippen LogP contribution in [0.4, 0.5) is 16.3 Å². The molecule has 9 nitrogen and oxygen atoms in total. The zero-order chi connectivity index (χ0) is 20.3. The van der Waals surface area contributed by atoms with Gasteiger partial charge < -0.3 is 15.0 Å². The zero-order valence-corrected chi connectivity index (χ0v) is 16.3. The summed E-state index contributed by atoms with van der Waals surface area (Å²) in [5, 5.41) is 13.7. The third kappa shape index (κ3) is 5.05. The van der Waals surface area contributed by atoms with Gasteiger partial charge in [0.25, 0.3) is 5.69 Å². The summed E-state index contributed by atoms with van der Waals surface area (Å²) in [4.78, 5) is 33.4. The highest BCUT2D eigenvalue weighted by Gasteiger charge is 2.23. The molecule has 0 saturated carbocycles. The number of non-ortho nitro benzene ring substituents is 1. The number of rotatable bonds is 4. The molecule has 2 aromatic rings. The van der Waals surface area contributed by atoms with E-state index in [9.17, 15) is 14.9 Å². The summed E-state index contributed by atoms with van der Waals surface area (Å²) in [6, 6.07) is 4.48. The average molecular weight is 387 g/mol. The molecular formula is C19H25N5O4. The van der Waals surface area contributed by atoms with Crippen molar-refractivity contribution in [2.45, 2.75) is 39.2 Å². The highest BCUT2D eigenvalue weighted by atomic mass is 16.6. The molecule has 2 heterocycles. The third-order valence-corrected chi connectivity index (χ3v) is 4.50. The minimum absolute atomic E-state index is 0.000744. The Labute approximate surface area is 163 Å². The van der Waals surface area contributed by atoms with Crippen LogP contribution in [0.3, 0.4) is 0 Å². The Hall–Kier alpha value is -2.97. The molecule has 1 aliphatic heterocycles. The first kappa shape index (κ1) is 19.8. The lowest BCUT2D eigenvalue weighted by Gasteiger charge is -2.33. The first-order chi connectivity index (χ1) is 13.2. The molecule has 9 heteroatoms. The van der Waals surface area contributed by atoms with E-state index in [1.54, 1.807) is 12.3 Å². The van der Waals surface area contributed by atoms with Crippen molar-refractivity contribution in [3.8, 4) is 0 Å². The molecule has 1 fully saturated rings. The first-order valence-corrected chi connectivity index (χ1v) is 9.34. The Morgan fingerprint density at radius 1 is 1.39 bits per heavy atom. The van der Waals surface area contributed by atoms with Crippen molar-refractivity contribution >= 4 is 28.6 Å². The van der Waals surface area contributed by atoms with E-state index in [1.807, 2.05) is 20.8 Å². The number of nitro groups is 1. The van der Waals surface area contributed by atoms with Gasteiger partial charge in [-0.1, -0.05) is 0 Å². The lowest BCUT2D eigenvalue weighted by Crippen LogP contribution is -2.42. The van der Waals surface area contributed by atoms with Gasteiger partial charge in [-0.25, -0.2) is 9.78 Å². The van der Waals surface area contributed by atoms with Crippen molar-refractivity contribution in [3.63, 3.8) is 0 Å². The summed E-state index contributed by atoms with van der Waals surface area (Å²) in [5.74, 6) is 1.03. The predicted octanol–water partition coefficient (Wildman–Crippen LogP) is 3.28. The number of ether oxygens (including phenoxy) is 1. The van der Waals surface area contributed by atoms with Gasteiger partial charge >= 0.3 is 6.09 Å². The van der Waals surface area contributed by atoms with Crippen molar-refractivity contribution in [1.29, 1.82) is 0 Å². The molecule has 3 rings (SSSR count). The van der Waals surface area contributed by atoms with Gasteiger partial charge in [-0.05, 0) is 45.6 Å². The largest absolute Gasteiger partial charge is 0.444 e. The third-order valence-electron chi connectivity index (χ3n) is 4.50. The van der Waals surface area contributed by atoms with E-state index in [0.29, 0.717) is 17.6 Å². The molecule has 28 heavy (non-hydrogen) atoms. The number of alkyl carbamates (subject to hydrolysis) is 1. The Balaban J connectivity index is 1.64. The first-order valence-electron chi connectivity index (χ1n) is 9.34. The number of carbonyl (C=O) groups excluding carboxylic acids is 1. The number of amides is 1. The molecule has 1 atom stereocenters. The highest BCUT2D eigenvalue weighted by Crippen LogP contribution is 2.24. The number of carbonyl (C=O) groups is 1. The second-order valence-corrected chi connectivity index (χ2v) is 8.00. The number of hydrogen-bond acceptors (Lipinski definition) is 7. The lowest BCUT2D eigenvalue weighted by molar-refractivity contribution is -0.384. The Morgan fingerprint density at radius 2 is 2.18 bits per heavy atom. The number of aromatic nitrogens is 2. The van der Waals surface area contributed by atoms with Gasteiger partial charge in [0.1, 0.15) is 11.4 Å². The van der Waals surface area contributed by atoms with Crippen LogP contribution in [0.1, 0.15) is 33.6 Å². The Morgan fingerprint density at radius 3 is 2.89 bits per heavy atom. The van der Waals surface area contributed by atoms with Crippen LogP contribution in [-0.2, 0) is 4.74 Å². The standard InChI is InChI=1S/C19H25N5O4/c1-19(2,3)28-18(25)21-10-13-5-4-8-23(12-13)17-11-20-16-9-14(24(26)27)6-7-15(16)22-17/h6-7,9,11,13H,4-5,8,10,12H2,1-3H3,(H,21,25)/t13-/m1/s1. The van der Waals surface area contributed by atoms with E-state index in [2.05, 4.69) is 20.2 Å². The van der Waals surface area contributed by atoms with Gasteiger partial charge in [-0.15, -0.1) is 0 Å². The van der Waals surface area contributed by atoms with Gasteiger partial charge in [-0.3, -0.25) is 15.1 Å². The monoisotopic (exact) mass is 387 g/mol. The molecule has 1 aliphatic rings. The predicted molar refractivity (Wildman–Crippen MR) is 105 cm³/mol. The number of benzene rings is 1. The maximum absolute atomic E-state index is 11.9. The highest BCUT2D eigenvalue weighted by molar-refractivity contribution is 5.78. The number of nitrogens with one attached hydrogen (secondary N) is 1. The molecule has 1 aromatic heterocycles. The second-order valence-electron chi connectivity index (χ2n) is 8.00. The topological polar surface area (TPSA) is 110 Å². The van der Waals surface area contributed by atoms with Crippen LogP contribution >= 0.6 is 0 Å². The van der Waals surface area contributed by atoms with E-state index in [-0.39, 0.29) is 11.6 Å². The quantitative estimate of drug-likeness (QED) is 0.633. The van der Waals surface area contributed by atoms with Crippen LogP contribution in [0.15, 0.2) is 24.4 Å². The van der Waals surface area contributed by atoms with E-state index < -0.39 is 16.6 Å². The zero-order valence-electron chi connectivity index (χ0n) is 16.3. The van der Waals surface area contributed by atoms with Crippen LogP contribution in [0.25, 0.3) is 11.0 Å². The molecule has 0 radical (unpaired) electrons. The summed E-state index contributed by atoms with van der Waals surface area (Å²) in [6.07, 6.45) is 3.24. The molecule has 0 aliphatic carbocycles. The van der Waals surface area contributed by atoms with E-state index in [1.165, 1.54) is 12.1 Å². The number of fused-ring (bicyclic) bond motifs is 1. The van der Waals surface area contributed by atoms with Gasteiger partial charge in [0, 0.05) is 31.8 Å². The van der Waals surface area contributed by atoms with Crippen LogP contribution in [-0.4, -0.2) is 46.2 Å². The molecular weight excluding hydrogens is 362 g/mol. The smallest absolute Gasteiger partial charge is 0.407 e. The van der Waals surface area contributed by atoms with Crippen LogP contribution in [0.5, 0.6) is 0 Å². The molecule has 1 N–H and O–H groups in total. The molecule has 0 unspecified atom stereocenters. The lowest BCUT2D eigenvalue weighted by atomic mass is 9.98. The van der Waals surface area contributed by atoms with Crippen molar-refractivity contribution in [2.24, 2.45) is 5.92 Å². The normalized spacial score (nSPS) is 17.4. The van der Waals surface area contributed by atoms with Gasteiger partial charge in [0.15, 0.2) is 0 Å². The summed E-state index contributed by atoms with van der Waals surface area (Å²) < 4.78 is 5.28. The van der Waals surface area contributed by atoms with Crippen molar-refractivity contribution in [2.75, 3.05) is 24.5 Å². The second kappa shape index (κ2) is 7.95.